The van der Waals surface area contributed by atoms with Gasteiger partial charge in [-0.1, -0.05) is 0 Å². The van der Waals surface area contributed by atoms with E-state index in [-0.39, 0.29) is 28.1 Å². The van der Waals surface area contributed by atoms with E-state index in [1.165, 1.54) is 13.2 Å². The smallest absolute Gasteiger partial charge is 0.337 e. The monoisotopic (exact) mass is 365 g/mol. The normalized spacial score (nSPS) is 12.3. The molecule has 0 saturated carbocycles. The number of aromatic amines is 2. The maximum absolute atomic E-state index is 13.2. The van der Waals surface area contributed by atoms with Crippen LogP contribution in [0.25, 0.3) is 33.5 Å². The second-order valence-electron chi connectivity index (χ2n) is 5.65. The van der Waals surface area contributed by atoms with Crippen molar-refractivity contribution in [3.63, 3.8) is 0 Å². The van der Waals surface area contributed by atoms with E-state index in [0.29, 0.717) is 5.39 Å². The predicted molar refractivity (Wildman–Crippen MR) is 85.8 cm³/mol. The van der Waals surface area contributed by atoms with Crippen molar-refractivity contribution in [1.82, 2.24) is 29.4 Å². The summed E-state index contributed by atoms with van der Waals surface area (Å²) < 4.78 is 41.5. The molecule has 1 aromatic carbocycles. The first-order valence-electron chi connectivity index (χ1n) is 7.20. The van der Waals surface area contributed by atoms with Crippen molar-refractivity contribution in [2.45, 2.75) is 6.18 Å². The van der Waals surface area contributed by atoms with Gasteiger partial charge in [0.15, 0.2) is 17.0 Å². The number of H-pyrrole nitrogens is 2. The summed E-state index contributed by atoms with van der Waals surface area (Å²) in [5.74, 6) is 5.81. The van der Waals surface area contributed by atoms with Crippen molar-refractivity contribution < 1.29 is 13.2 Å². The van der Waals surface area contributed by atoms with E-state index >= 15 is 0 Å². The van der Waals surface area contributed by atoms with E-state index in [1.54, 1.807) is 0 Å². The number of imidazole rings is 1. The first-order chi connectivity index (χ1) is 12.2. The van der Waals surface area contributed by atoms with Gasteiger partial charge >= 0.3 is 11.9 Å². The van der Waals surface area contributed by atoms with Crippen molar-refractivity contribution in [3.8, 4) is 11.4 Å². The Morgan fingerprint density at radius 1 is 1.23 bits per heavy atom. The molecule has 4 aromatic rings. The van der Waals surface area contributed by atoms with Gasteiger partial charge in [-0.05, 0) is 12.1 Å². The highest BCUT2D eigenvalue weighted by Crippen LogP contribution is 2.36. The van der Waals surface area contributed by atoms with Gasteiger partial charge in [0, 0.05) is 18.0 Å². The lowest BCUT2D eigenvalue weighted by Crippen LogP contribution is -2.30. The van der Waals surface area contributed by atoms with Crippen LogP contribution in [0.1, 0.15) is 5.56 Å². The van der Waals surface area contributed by atoms with E-state index in [2.05, 4.69) is 20.2 Å². The number of nitrogens with two attached hydrogens (primary N) is 1. The van der Waals surface area contributed by atoms with Crippen LogP contribution >= 0.6 is 0 Å². The number of nitrogen functional groups attached to an aromatic ring is 1. The number of aromatic nitrogens is 6. The van der Waals surface area contributed by atoms with Crippen LogP contribution in [0.2, 0.25) is 0 Å². The van der Waals surface area contributed by atoms with Crippen LogP contribution in [0.15, 0.2) is 27.9 Å². The Hall–Kier alpha value is -3.57. The Bertz CT molecular complexity index is 1290. The Labute approximate surface area is 140 Å². The van der Waals surface area contributed by atoms with E-state index in [9.17, 15) is 22.8 Å². The average molecular weight is 365 g/mol. The summed E-state index contributed by atoms with van der Waals surface area (Å²) in [4.78, 5) is 30.0. The highest BCUT2D eigenvalue weighted by Gasteiger charge is 2.32. The Morgan fingerprint density at radius 2 is 1.96 bits per heavy atom. The minimum absolute atomic E-state index is 0.0223. The zero-order valence-corrected chi connectivity index (χ0v) is 13.0. The molecule has 0 aliphatic heterocycles. The molecule has 0 amide bonds. The first kappa shape index (κ1) is 15.9. The number of fused-ring (bicyclic) bond motifs is 2. The lowest BCUT2D eigenvalue weighted by Gasteiger charge is -2.10. The minimum Gasteiger partial charge on any atom is -0.337 e. The molecule has 0 aliphatic rings. The lowest BCUT2D eigenvalue weighted by molar-refractivity contribution is -0.137. The number of hydrogen-bond donors (Lipinski definition) is 3. The molecule has 0 fully saturated rings. The zero-order valence-electron chi connectivity index (χ0n) is 13.0. The standard InChI is InChI=1S/C14H10F3N7O2/c1-23-11-9(12(25)21-13(23)26)24(18)10(20-11)6-2-5(14(15,16)17)3-8-7(6)4-19-22-8/h2-4H,18H2,1H3,(H,19,22)(H,21,25,26). The molecule has 0 spiro atoms. The fourth-order valence-corrected chi connectivity index (χ4v) is 2.79. The fourth-order valence-electron chi connectivity index (χ4n) is 2.79. The van der Waals surface area contributed by atoms with Crippen LogP contribution in [0.3, 0.4) is 0 Å². The van der Waals surface area contributed by atoms with Crippen LogP contribution in [0.5, 0.6) is 0 Å². The number of rotatable bonds is 1. The number of alkyl halides is 3. The molecule has 3 heterocycles. The summed E-state index contributed by atoms with van der Waals surface area (Å²) in [5.41, 5.74) is -2.48. The molecular formula is C14H10F3N7O2. The van der Waals surface area contributed by atoms with Crippen LogP contribution < -0.4 is 17.1 Å². The van der Waals surface area contributed by atoms with Crippen molar-refractivity contribution in [2.24, 2.45) is 7.05 Å². The molecule has 26 heavy (non-hydrogen) atoms. The fraction of sp³-hybridized carbons (Fsp3) is 0.143. The second kappa shape index (κ2) is 4.97. The van der Waals surface area contributed by atoms with Gasteiger partial charge in [0.25, 0.3) is 5.56 Å². The van der Waals surface area contributed by atoms with Crippen LogP contribution in [-0.4, -0.2) is 29.4 Å². The van der Waals surface area contributed by atoms with Gasteiger partial charge in [0.2, 0.25) is 0 Å². The molecule has 0 aliphatic carbocycles. The summed E-state index contributed by atoms with van der Waals surface area (Å²) in [6.07, 6.45) is -3.28. The molecular weight excluding hydrogens is 355 g/mol. The third-order valence-corrected chi connectivity index (χ3v) is 4.08. The van der Waals surface area contributed by atoms with E-state index in [4.69, 9.17) is 5.84 Å². The molecule has 0 unspecified atom stereocenters. The number of aryl methyl sites for hydroxylation is 1. The zero-order chi connectivity index (χ0) is 18.8. The molecule has 0 saturated heterocycles. The highest BCUT2D eigenvalue weighted by atomic mass is 19.4. The summed E-state index contributed by atoms with van der Waals surface area (Å²) in [6, 6.07) is 1.78. The minimum atomic E-state index is -4.61. The predicted octanol–water partition coefficient (Wildman–Crippen LogP) is 0.699. The molecule has 0 bridgehead atoms. The van der Waals surface area contributed by atoms with E-state index in [1.807, 2.05) is 0 Å². The van der Waals surface area contributed by atoms with E-state index < -0.39 is 23.0 Å². The Morgan fingerprint density at radius 3 is 2.65 bits per heavy atom. The number of nitrogens with zero attached hydrogens (tertiary/aromatic N) is 4. The molecule has 4 N–H and O–H groups in total. The Balaban J connectivity index is 2.14. The Kier molecular flexibility index (Phi) is 3.04. The average Bonchev–Trinajstić information content (AvgIpc) is 3.15. The largest absolute Gasteiger partial charge is 0.416 e. The van der Waals surface area contributed by atoms with Crippen molar-refractivity contribution in [2.75, 3.05) is 5.84 Å². The molecule has 4 rings (SSSR count). The lowest BCUT2D eigenvalue weighted by atomic mass is 10.1. The summed E-state index contributed by atoms with van der Waals surface area (Å²) in [7, 11) is 1.36. The van der Waals surface area contributed by atoms with Crippen LogP contribution in [-0.2, 0) is 13.2 Å². The SMILES string of the molecule is Cn1c(=O)[nH]c(=O)c2c1nc(-c1cc(C(F)(F)F)cc3[nH]ncc13)n2N. The third kappa shape index (κ3) is 2.11. The third-order valence-electron chi connectivity index (χ3n) is 4.08. The van der Waals surface area contributed by atoms with Gasteiger partial charge in [0.1, 0.15) is 0 Å². The highest BCUT2D eigenvalue weighted by molar-refractivity contribution is 5.95. The molecule has 0 radical (unpaired) electrons. The number of nitrogens with one attached hydrogen (secondary N) is 2. The van der Waals surface area contributed by atoms with E-state index in [0.717, 1.165) is 21.4 Å². The van der Waals surface area contributed by atoms with Gasteiger partial charge in [-0.3, -0.25) is 19.4 Å². The summed E-state index contributed by atoms with van der Waals surface area (Å²) in [6.45, 7) is 0. The maximum Gasteiger partial charge on any atom is 0.416 e. The van der Waals surface area contributed by atoms with Gasteiger partial charge in [-0.25, -0.2) is 14.5 Å². The summed E-state index contributed by atoms with van der Waals surface area (Å²) in [5, 5.41) is 6.56. The molecule has 0 atom stereocenters. The number of benzene rings is 1. The van der Waals surface area contributed by atoms with Gasteiger partial charge in [0.05, 0.1) is 17.3 Å². The molecule has 12 heteroatoms. The molecule has 9 nitrogen and oxygen atoms in total. The van der Waals surface area contributed by atoms with Crippen LogP contribution in [0.4, 0.5) is 13.2 Å². The molecule has 134 valence electrons. The molecule has 3 aromatic heterocycles. The summed E-state index contributed by atoms with van der Waals surface area (Å²) >= 11 is 0. The van der Waals surface area contributed by atoms with Crippen molar-refractivity contribution >= 4 is 22.1 Å². The van der Waals surface area contributed by atoms with Crippen molar-refractivity contribution in [3.05, 3.63) is 44.7 Å². The maximum atomic E-state index is 13.2. The number of hydrogen-bond acceptors (Lipinski definition) is 5. The van der Waals surface area contributed by atoms with Gasteiger partial charge in [-0.2, -0.15) is 18.3 Å². The van der Waals surface area contributed by atoms with Crippen LogP contribution in [0, 0.1) is 0 Å². The number of halogens is 3. The quantitative estimate of drug-likeness (QED) is 0.428. The first-order valence-corrected chi connectivity index (χ1v) is 7.20. The topological polar surface area (TPSA) is 127 Å². The van der Waals surface area contributed by atoms with Gasteiger partial charge in [-0.15, -0.1) is 0 Å². The van der Waals surface area contributed by atoms with Gasteiger partial charge < -0.3 is 5.84 Å². The second-order valence-corrected chi connectivity index (χ2v) is 5.65. The van der Waals surface area contributed by atoms with Crippen molar-refractivity contribution in [1.29, 1.82) is 0 Å².